The number of amides is 1. The number of hydrogen-bond acceptors (Lipinski definition) is 10. The van der Waals surface area contributed by atoms with Gasteiger partial charge in [0, 0.05) is 13.0 Å². The number of nitrogens with zero attached hydrogens (tertiary/aromatic N) is 6. The van der Waals surface area contributed by atoms with Crippen molar-refractivity contribution in [3.8, 4) is 11.8 Å². The molecule has 4 rings (SSSR count). The van der Waals surface area contributed by atoms with E-state index in [9.17, 15) is 15.0 Å². The SMILES string of the molecule is CCNC(=O)[C@H]1O[C@@H](n2cnc3c(N)nc(C#CCC4CCN(CN(C)C)CC4)nc32)C(O)[C@H]1O. The molecule has 5 N–H and O–H groups in total. The molecule has 2 aromatic heterocycles. The number of nitrogens with one attached hydrogen (secondary N) is 1. The molecular weight excluding hydrogens is 452 g/mol. The van der Waals surface area contributed by atoms with Gasteiger partial charge in [-0.1, -0.05) is 5.92 Å². The second kappa shape index (κ2) is 10.8. The van der Waals surface area contributed by atoms with Crippen LogP contribution in [0.3, 0.4) is 0 Å². The third-order valence-electron chi connectivity index (χ3n) is 6.35. The molecule has 2 fully saturated rings. The minimum Gasteiger partial charge on any atom is -0.387 e. The van der Waals surface area contributed by atoms with Crippen molar-refractivity contribution in [2.24, 2.45) is 5.92 Å². The van der Waals surface area contributed by atoms with Gasteiger partial charge in [-0.2, -0.15) is 0 Å². The van der Waals surface area contributed by atoms with E-state index in [1.54, 1.807) is 6.92 Å². The third kappa shape index (κ3) is 5.55. The largest absolute Gasteiger partial charge is 0.387 e. The van der Waals surface area contributed by atoms with Crippen LogP contribution in [0, 0.1) is 17.8 Å². The number of carbonyl (C=O) groups is 1. The maximum atomic E-state index is 12.2. The number of hydrogen-bond donors (Lipinski definition) is 4. The average molecular weight is 487 g/mol. The Kier molecular flexibility index (Phi) is 7.83. The van der Waals surface area contributed by atoms with Crippen molar-refractivity contribution in [1.82, 2.24) is 34.6 Å². The summed E-state index contributed by atoms with van der Waals surface area (Å²) in [7, 11) is 4.16. The van der Waals surface area contributed by atoms with Crippen LogP contribution in [0.25, 0.3) is 11.2 Å². The zero-order chi connectivity index (χ0) is 25.1. The van der Waals surface area contributed by atoms with Crippen molar-refractivity contribution in [2.45, 2.75) is 50.7 Å². The summed E-state index contributed by atoms with van der Waals surface area (Å²) in [5.74, 6) is 6.63. The monoisotopic (exact) mass is 486 g/mol. The summed E-state index contributed by atoms with van der Waals surface area (Å²) in [6.45, 7) is 5.23. The van der Waals surface area contributed by atoms with Crippen LogP contribution in [0.5, 0.6) is 0 Å². The van der Waals surface area contributed by atoms with Crippen LogP contribution < -0.4 is 11.1 Å². The Hall–Kier alpha value is -2.82. The molecule has 0 saturated carbocycles. The highest BCUT2D eigenvalue weighted by Gasteiger charge is 2.47. The first kappa shape index (κ1) is 25.3. The highest BCUT2D eigenvalue weighted by Crippen LogP contribution is 2.32. The standard InChI is InChI=1S/C23H34N8O4/c1-4-25-22(34)19-17(32)18(33)23(35-19)31-12-26-16-20(24)27-15(28-21(16)31)7-5-6-14-8-10-30(11-9-14)13-29(2)3/h12,14,17-19,23,32-33H,4,6,8-11,13H2,1-3H3,(H,25,34)(H2,24,27,28)/t17-,18?,19+,23-/m1/s1. The Morgan fingerprint density at radius 1 is 1.29 bits per heavy atom. The first-order chi connectivity index (χ1) is 16.8. The van der Waals surface area contributed by atoms with Gasteiger partial charge in [-0.3, -0.25) is 19.2 Å². The smallest absolute Gasteiger partial charge is 0.252 e. The number of carbonyl (C=O) groups excluding carboxylic acids is 1. The van der Waals surface area contributed by atoms with Crippen molar-refractivity contribution in [3.05, 3.63) is 12.2 Å². The van der Waals surface area contributed by atoms with Crippen LogP contribution in [-0.2, 0) is 9.53 Å². The molecule has 190 valence electrons. The summed E-state index contributed by atoms with van der Waals surface area (Å²) >= 11 is 0. The molecule has 0 spiro atoms. The summed E-state index contributed by atoms with van der Waals surface area (Å²) in [5.41, 5.74) is 6.74. The number of likely N-dealkylation sites (tertiary alicyclic amines) is 1. The van der Waals surface area contributed by atoms with Gasteiger partial charge in [0.2, 0.25) is 5.82 Å². The molecule has 0 aromatic carbocycles. The molecule has 0 aliphatic carbocycles. The second-order valence-corrected chi connectivity index (χ2v) is 9.37. The molecular formula is C23H34N8O4. The molecule has 0 radical (unpaired) electrons. The maximum Gasteiger partial charge on any atom is 0.252 e. The van der Waals surface area contributed by atoms with E-state index >= 15 is 0 Å². The van der Waals surface area contributed by atoms with E-state index in [4.69, 9.17) is 10.5 Å². The number of piperidine rings is 1. The highest BCUT2D eigenvalue weighted by atomic mass is 16.6. The fourth-order valence-electron chi connectivity index (χ4n) is 4.57. The van der Waals surface area contributed by atoms with Crippen molar-refractivity contribution < 1.29 is 19.7 Å². The topological polar surface area (TPSA) is 155 Å². The molecule has 4 heterocycles. The van der Waals surface area contributed by atoms with E-state index in [0.717, 1.165) is 39.0 Å². The number of anilines is 1. The quantitative estimate of drug-likeness (QED) is 0.379. The summed E-state index contributed by atoms with van der Waals surface area (Å²) in [4.78, 5) is 29.8. The highest BCUT2D eigenvalue weighted by molar-refractivity contribution is 5.83. The lowest BCUT2D eigenvalue weighted by atomic mass is 9.94. The Morgan fingerprint density at radius 3 is 2.71 bits per heavy atom. The lowest BCUT2D eigenvalue weighted by Gasteiger charge is -2.32. The summed E-state index contributed by atoms with van der Waals surface area (Å²) < 4.78 is 7.14. The molecule has 1 unspecified atom stereocenters. The number of aliphatic hydroxyl groups is 2. The van der Waals surface area contributed by atoms with Crippen LogP contribution in [0.4, 0.5) is 5.82 Å². The first-order valence-corrected chi connectivity index (χ1v) is 11.9. The molecule has 12 nitrogen and oxygen atoms in total. The van der Waals surface area contributed by atoms with E-state index in [-0.39, 0.29) is 11.6 Å². The summed E-state index contributed by atoms with van der Waals surface area (Å²) in [6.07, 6.45) is -0.681. The van der Waals surface area contributed by atoms with Gasteiger partial charge >= 0.3 is 0 Å². The van der Waals surface area contributed by atoms with E-state index in [0.29, 0.717) is 23.6 Å². The predicted octanol–water partition coefficient (Wildman–Crippen LogP) is -0.863. The Bertz CT molecular complexity index is 1100. The van der Waals surface area contributed by atoms with Gasteiger partial charge in [-0.05, 0) is 58.8 Å². The fourth-order valence-corrected chi connectivity index (χ4v) is 4.57. The van der Waals surface area contributed by atoms with Crippen LogP contribution >= 0.6 is 0 Å². The van der Waals surface area contributed by atoms with E-state index in [1.807, 2.05) is 0 Å². The molecule has 4 atom stereocenters. The average Bonchev–Trinajstić information content (AvgIpc) is 3.36. The van der Waals surface area contributed by atoms with E-state index in [1.165, 1.54) is 10.9 Å². The van der Waals surface area contributed by atoms with Gasteiger partial charge in [-0.15, -0.1) is 0 Å². The van der Waals surface area contributed by atoms with Gasteiger partial charge in [0.15, 0.2) is 23.8 Å². The summed E-state index contributed by atoms with van der Waals surface area (Å²) in [5, 5.41) is 23.5. The molecule has 35 heavy (non-hydrogen) atoms. The molecule has 2 aliphatic rings. The van der Waals surface area contributed by atoms with Gasteiger partial charge in [0.05, 0.1) is 13.0 Å². The normalized spacial score (nSPS) is 25.7. The van der Waals surface area contributed by atoms with Crippen molar-refractivity contribution in [3.63, 3.8) is 0 Å². The zero-order valence-corrected chi connectivity index (χ0v) is 20.4. The van der Waals surface area contributed by atoms with E-state index < -0.39 is 30.4 Å². The fraction of sp³-hybridized carbons (Fsp3) is 0.652. The number of nitrogen functional groups attached to an aromatic ring is 1. The van der Waals surface area contributed by atoms with Crippen LogP contribution in [0.15, 0.2) is 6.33 Å². The van der Waals surface area contributed by atoms with Crippen LogP contribution in [0.2, 0.25) is 0 Å². The first-order valence-electron chi connectivity index (χ1n) is 11.9. The van der Waals surface area contributed by atoms with Crippen LogP contribution in [0.1, 0.15) is 38.2 Å². The van der Waals surface area contributed by atoms with Crippen LogP contribution in [-0.4, -0.2) is 104 Å². The number of aliphatic hydroxyl groups excluding tert-OH is 2. The van der Waals surface area contributed by atoms with E-state index in [2.05, 4.69) is 56.0 Å². The number of ether oxygens (including phenoxy) is 1. The Labute approximate surface area is 204 Å². The molecule has 12 heteroatoms. The third-order valence-corrected chi connectivity index (χ3v) is 6.35. The lowest BCUT2D eigenvalue weighted by Crippen LogP contribution is -2.42. The number of imidazole rings is 1. The second-order valence-electron chi connectivity index (χ2n) is 9.37. The summed E-state index contributed by atoms with van der Waals surface area (Å²) in [6, 6.07) is 0. The zero-order valence-electron chi connectivity index (χ0n) is 20.4. The maximum absolute atomic E-state index is 12.2. The van der Waals surface area contributed by atoms with Crippen molar-refractivity contribution >= 4 is 22.9 Å². The molecule has 2 aliphatic heterocycles. The minimum atomic E-state index is -1.40. The van der Waals surface area contributed by atoms with Crippen molar-refractivity contribution in [1.29, 1.82) is 0 Å². The van der Waals surface area contributed by atoms with Gasteiger partial charge in [-0.25, -0.2) is 15.0 Å². The number of nitrogens with two attached hydrogens (primary N) is 1. The number of fused-ring (bicyclic) bond motifs is 1. The van der Waals surface area contributed by atoms with Gasteiger partial charge in [0.1, 0.15) is 17.7 Å². The number of likely N-dealkylation sites (N-methyl/N-ethyl adjacent to an activating group) is 1. The lowest BCUT2D eigenvalue weighted by molar-refractivity contribution is -0.137. The molecule has 2 saturated heterocycles. The predicted molar refractivity (Wildman–Crippen MR) is 129 cm³/mol. The number of rotatable bonds is 6. The molecule has 1 amide bonds. The molecule has 0 bridgehead atoms. The van der Waals surface area contributed by atoms with Gasteiger partial charge < -0.3 is 26.0 Å². The number of aromatic nitrogens is 4. The van der Waals surface area contributed by atoms with Gasteiger partial charge in [0.25, 0.3) is 5.91 Å². The minimum absolute atomic E-state index is 0.156. The Balaban J connectivity index is 1.48. The van der Waals surface area contributed by atoms with Crippen molar-refractivity contribution in [2.75, 3.05) is 46.1 Å². The molecule has 2 aromatic rings. The Morgan fingerprint density at radius 2 is 2.03 bits per heavy atom.